The van der Waals surface area contributed by atoms with Crippen LogP contribution in [0.4, 0.5) is 13.2 Å². The Morgan fingerprint density at radius 3 is 2.27 bits per heavy atom. The molecular formula is C22H14F3NO3S. The fourth-order valence-electron chi connectivity index (χ4n) is 3.20. The summed E-state index contributed by atoms with van der Waals surface area (Å²) >= 11 is 0. The SMILES string of the molecule is COc1ccc(-c2c(S(=O)(=O)c3ccc(F)c(F)c3)cnc3c(F)cccc23)cc1. The third kappa shape index (κ3) is 3.29. The molecule has 1 heterocycles. The number of para-hydroxylation sites is 1. The van der Waals surface area contributed by atoms with Gasteiger partial charge in [-0.25, -0.2) is 21.6 Å². The number of rotatable bonds is 4. The van der Waals surface area contributed by atoms with Crippen LogP contribution in [0.1, 0.15) is 0 Å². The van der Waals surface area contributed by atoms with E-state index in [1.165, 1.54) is 19.2 Å². The molecule has 0 bridgehead atoms. The Hall–Kier alpha value is -3.39. The first-order chi connectivity index (χ1) is 14.3. The molecule has 0 saturated heterocycles. The maximum Gasteiger partial charge on any atom is 0.208 e. The van der Waals surface area contributed by atoms with Crippen LogP contribution < -0.4 is 4.74 Å². The highest BCUT2D eigenvalue weighted by Gasteiger charge is 2.26. The van der Waals surface area contributed by atoms with E-state index in [4.69, 9.17) is 4.74 Å². The summed E-state index contributed by atoms with van der Waals surface area (Å²) in [5.74, 6) is -2.52. The lowest BCUT2D eigenvalue weighted by atomic mass is 10.0. The van der Waals surface area contributed by atoms with Crippen molar-refractivity contribution in [1.29, 1.82) is 0 Å². The van der Waals surface area contributed by atoms with Crippen molar-refractivity contribution in [3.63, 3.8) is 0 Å². The standard InChI is InChI=1S/C22H14F3NO3S/c1-29-14-7-5-13(6-8-14)21-16-3-2-4-18(24)22(16)26-12-20(21)30(27,28)15-9-10-17(23)19(25)11-15/h2-12H,1H3. The van der Waals surface area contributed by atoms with Gasteiger partial charge in [0.1, 0.15) is 17.1 Å². The number of methoxy groups -OCH3 is 1. The van der Waals surface area contributed by atoms with Gasteiger partial charge in [0.15, 0.2) is 11.6 Å². The van der Waals surface area contributed by atoms with Crippen molar-refractivity contribution in [2.24, 2.45) is 0 Å². The number of sulfone groups is 1. The molecule has 152 valence electrons. The molecule has 4 aromatic rings. The summed E-state index contributed by atoms with van der Waals surface area (Å²) in [4.78, 5) is 3.30. The quantitative estimate of drug-likeness (QED) is 0.421. The molecule has 30 heavy (non-hydrogen) atoms. The van der Waals surface area contributed by atoms with E-state index in [9.17, 15) is 21.6 Å². The normalized spacial score (nSPS) is 11.6. The molecule has 0 unspecified atom stereocenters. The largest absolute Gasteiger partial charge is 0.497 e. The minimum Gasteiger partial charge on any atom is -0.497 e. The molecule has 0 fully saturated rings. The Morgan fingerprint density at radius 2 is 1.60 bits per heavy atom. The molecular weight excluding hydrogens is 415 g/mol. The fourth-order valence-corrected chi connectivity index (χ4v) is 4.65. The minimum absolute atomic E-state index is 0.00689. The third-order valence-corrected chi connectivity index (χ3v) is 6.45. The summed E-state index contributed by atoms with van der Waals surface area (Å²) < 4.78 is 73.1. The molecule has 0 aliphatic heterocycles. The molecule has 0 N–H and O–H groups in total. The second-order valence-electron chi connectivity index (χ2n) is 6.44. The molecule has 0 radical (unpaired) electrons. The average Bonchev–Trinajstić information content (AvgIpc) is 2.75. The number of fused-ring (bicyclic) bond motifs is 1. The summed E-state index contributed by atoms with van der Waals surface area (Å²) in [5, 5.41) is 0.267. The molecule has 3 aromatic carbocycles. The van der Waals surface area contributed by atoms with Crippen LogP contribution in [0, 0.1) is 17.5 Å². The maximum absolute atomic E-state index is 14.3. The second kappa shape index (κ2) is 7.46. The van der Waals surface area contributed by atoms with Crippen molar-refractivity contribution >= 4 is 20.7 Å². The first-order valence-corrected chi connectivity index (χ1v) is 10.2. The van der Waals surface area contributed by atoms with Gasteiger partial charge in [0.25, 0.3) is 0 Å². The van der Waals surface area contributed by atoms with E-state index in [0.29, 0.717) is 17.4 Å². The van der Waals surface area contributed by atoms with Gasteiger partial charge < -0.3 is 4.74 Å². The highest BCUT2D eigenvalue weighted by atomic mass is 32.2. The van der Waals surface area contributed by atoms with E-state index >= 15 is 0 Å². The molecule has 0 aliphatic carbocycles. The molecule has 0 amide bonds. The van der Waals surface area contributed by atoms with Gasteiger partial charge in [-0.3, -0.25) is 4.98 Å². The van der Waals surface area contributed by atoms with Gasteiger partial charge in [-0.15, -0.1) is 0 Å². The van der Waals surface area contributed by atoms with Gasteiger partial charge in [0.05, 0.1) is 16.9 Å². The van der Waals surface area contributed by atoms with Gasteiger partial charge in [0.2, 0.25) is 9.84 Å². The van der Waals surface area contributed by atoms with Crippen LogP contribution in [0.3, 0.4) is 0 Å². The Kier molecular flexibility index (Phi) is 4.95. The van der Waals surface area contributed by atoms with Crippen molar-refractivity contribution in [1.82, 2.24) is 4.98 Å². The monoisotopic (exact) mass is 429 g/mol. The zero-order chi connectivity index (χ0) is 21.5. The summed E-state index contributed by atoms with van der Waals surface area (Å²) in [7, 11) is -2.81. The van der Waals surface area contributed by atoms with Gasteiger partial charge in [-0.05, 0) is 42.0 Å². The van der Waals surface area contributed by atoms with Crippen molar-refractivity contribution in [3.05, 3.63) is 84.3 Å². The molecule has 8 heteroatoms. The number of aromatic nitrogens is 1. The highest BCUT2D eigenvalue weighted by Crippen LogP contribution is 2.37. The lowest BCUT2D eigenvalue weighted by Gasteiger charge is -2.14. The molecule has 4 rings (SSSR count). The van der Waals surface area contributed by atoms with E-state index in [1.807, 2.05) is 0 Å². The van der Waals surface area contributed by atoms with E-state index < -0.39 is 32.2 Å². The summed E-state index contributed by atoms with van der Waals surface area (Å²) in [6.07, 6.45) is 1.03. The highest BCUT2D eigenvalue weighted by molar-refractivity contribution is 7.91. The van der Waals surface area contributed by atoms with Gasteiger partial charge >= 0.3 is 0 Å². The number of benzene rings is 3. The van der Waals surface area contributed by atoms with Crippen molar-refractivity contribution in [3.8, 4) is 16.9 Å². The summed E-state index contributed by atoms with van der Waals surface area (Å²) in [5.41, 5.74) is 0.661. The Labute approximate surface area is 170 Å². The molecule has 4 nitrogen and oxygen atoms in total. The number of halogens is 3. The zero-order valence-corrected chi connectivity index (χ0v) is 16.4. The third-order valence-electron chi connectivity index (χ3n) is 4.68. The lowest BCUT2D eigenvalue weighted by molar-refractivity contribution is 0.415. The van der Waals surface area contributed by atoms with Crippen molar-refractivity contribution < 1.29 is 26.3 Å². The Morgan fingerprint density at radius 1 is 0.867 bits per heavy atom. The number of pyridine rings is 1. The van der Waals surface area contributed by atoms with Crippen LogP contribution >= 0.6 is 0 Å². The van der Waals surface area contributed by atoms with Crippen molar-refractivity contribution in [2.45, 2.75) is 9.79 Å². The lowest BCUT2D eigenvalue weighted by Crippen LogP contribution is -2.07. The first kappa shape index (κ1) is 19.9. The number of hydrogen-bond acceptors (Lipinski definition) is 4. The number of nitrogens with zero attached hydrogens (tertiary/aromatic N) is 1. The van der Waals surface area contributed by atoms with Crippen LogP contribution in [-0.2, 0) is 9.84 Å². The van der Waals surface area contributed by atoms with Crippen LogP contribution in [0.5, 0.6) is 5.75 Å². The molecule has 0 spiro atoms. The predicted molar refractivity (Wildman–Crippen MR) is 105 cm³/mol. The maximum atomic E-state index is 14.3. The van der Waals surface area contributed by atoms with E-state index in [0.717, 1.165) is 18.3 Å². The fraction of sp³-hybridized carbons (Fsp3) is 0.0455. The van der Waals surface area contributed by atoms with E-state index in [-0.39, 0.29) is 21.4 Å². The van der Waals surface area contributed by atoms with Crippen LogP contribution in [0.2, 0.25) is 0 Å². The molecule has 0 saturated carbocycles. The predicted octanol–water partition coefficient (Wildman–Crippen LogP) is 5.16. The van der Waals surface area contributed by atoms with E-state index in [2.05, 4.69) is 4.98 Å². The van der Waals surface area contributed by atoms with Crippen LogP contribution in [-0.4, -0.2) is 20.5 Å². The number of ether oxygens (including phenoxy) is 1. The topological polar surface area (TPSA) is 56.3 Å². The molecule has 0 aliphatic rings. The van der Waals surface area contributed by atoms with Crippen LogP contribution in [0.25, 0.3) is 22.0 Å². The van der Waals surface area contributed by atoms with Crippen molar-refractivity contribution in [2.75, 3.05) is 7.11 Å². The average molecular weight is 429 g/mol. The second-order valence-corrected chi connectivity index (χ2v) is 8.36. The first-order valence-electron chi connectivity index (χ1n) is 8.74. The minimum atomic E-state index is -4.30. The summed E-state index contributed by atoms with van der Waals surface area (Å²) in [6, 6.07) is 13.1. The molecule has 0 atom stereocenters. The zero-order valence-electron chi connectivity index (χ0n) is 15.6. The number of hydrogen-bond donors (Lipinski definition) is 0. The van der Waals surface area contributed by atoms with Gasteiger partial charge in [0, 0.05) is 17.1 Å². The van der Waals surface area contributed by atoms with E-state index in [1.54, 1.807) is 30.3 Å². The van der Waals surface area contributed by atoms with Gasteiger partial charge in [-0.2, -0.15) is 0 Å². The Bertz CT molecular complexity index is 1370. The van der Waals surface area contributed by atoms with Crippen LogP contribution in [0.15, 0.2) is 76.7 Å². The van der Waals surface area contributed by atoms with Gasteiger partial charge in [-0.1, -0.05) is 24.3 Å². The smallest absolute Gasteiger partial charge is 0.208 e. The molecule has 1 aromatic heterocycles. The summed E-state index contributed by atoms with van der Waals surface area (Å²) in [6.45, 7) is 0. The Balaban J connectivity index is 2.05.